The maximum Gasteiger partial charge on any atom is 0.522 e. The Morgan fingerprint density at radius 3 is 2.27 bits per heavy atom. The average molecular weight is 409 g/mol. The highest BCUT2D eigenvalue weighted by atomic mass is 127. The topological polar surface area (TPSA) is 9.23 Å². The summed E-state index contributed by atoms with van der Waals surface area (Å²) >= 11 is -0.350. The smallest absolute Gasteiger partial charge is 0.142 e. The molecule has 0 atom stereocenters. The van der Waals surface area contributed by atoms with Crippen LogP contribution in [0.2, 0.25) is 0 Å². The van der Waals surface area contributed by atoms with Crippen molar-refractivity contribution >= 4 is 0 Å². The van der Waals surface area contributed by atoms with Crippen molar-refractivity contribution in [1.82, 2.24) is 0 Å². The summed E-state index contributed by atoms with van der Waals surface area (Å²) in [5.74, 6) is 0. The molecular formula is C20H26IO+. The fraction of sp³-hybridized carbons (Fsp3) is 0.400. The lowest BCUT2D eigenvalue weighted by Gasteiger charge is -2.00. The van der Waals surface area contributed by atoms with Crippen LogP contribution in [-0.2, 0) is 3.07 Å². The van der Waals surface area contributed by atoms with Gasteiger partial charge in [-0.3, -0.25) is 0 Å². The maximum absolute atomic E-state index is 6.00. The Kier molecular flexibility index (Phi) is 8.57. The molecule has 22 heavy (non-hydrogen) atoms. The summed E-state index contributed by atoms with van der Waals surface area (Å²) in [5.41, 5.74) is 2.62. The van der Waals surface area contributed by atoms with Crippen molar-refractivity contribution in [2.24, 2.45) is 0 Å². The van der Waals surface area contributed by atoms with Crippen molar-refractivity contribution in [3.05, 3.63) is 58.2 Å². The molecule has 0 spiro atoms. The first-order valence-electron chi connectivity index (χ1n) is 8.33. The summed E-state index contributed by atoms with van der Waals surface area (Å²) < 4.78 is 7.39. The van der Waals surface area contributed by atoms with Crippen LogP contribution in [0, 0.1) is 3.57 Å². The number of unbranched alkanes of at least 4 members (excludes halogenated alkanes) is 5. The Morgan fingerprint density at radius 1 is 0.773 bits per heavy atom. The Hall–Kier alpha value is -0.870. The Labute approximate surface area is 145 Å². The molecule has 0 saturated heterocycles. The van der Waals surface area contributed by atoms with Gasteiger partial charge in [0, 0.05) is 5.56 Å². The molecule has 0 aliphatic carbocycles. The second-order valence-corrected chi connectivity index (χ2v) is 7.73. The van der Waals surface area contributed by atoms with Gasteiger partial charge in [-0.25, -0.2) is 0 Å². The predicted octanol–water partition coefficient (Wildman–Crippen LogP) is 2.90. The maximum atomic E-state index is 6.00. The van der Waals surface area contributed by atoms with Crippen LogP contribution in [0.25, 0.3) is 11.1 Å². The van der Waals surface area contributed by atoms with E-state index in [9.17, 15) is 0 Å². The monoisotopic (exact) mass is 409 g/mol. The van der Waals surface area contributed by atoms with Crippen LogP contribution in [0.5, 0.6) is 0 Å². The number of hydrogen-bond acceptors (Lipinski definition) is 1. The standard InChI is InChI=1S/C20H26IO/c1-2-3-4-5-6-12-17-22-21-20-16-11-10-15-19(20)18-13-8-7-9-14-18/h7-11,13-16H,2-6,12,17H2,1H3/q+1. The molecule has 1 nitrogen and oxygen atoms in total. The van der Waals surface area contributed by atoms with Crippen LogP contribution in [0.3, 0.4) is 0 Å². The molecule has 2 heteroatoms. The van der Waals surface area contributed by atoms with Crippen LogP contribution in [-0.4, -0.2) is 6.61 Å². The molecule has 0 saturated carbocycles. The molecule has 0 fully saturated rings. The molecule has 0 aliphatic heterocycles. The number of rotatable bonds is 10. The molecule has 118 valence electrons. The quantitative estimate of drug-likeness (QED) is 0.433. The summed E-state index contributed by atoms with van der Waals surface area (Å²) in [7, 11) is 0. The first kappa shape index (κ1) is 17.5. The van der Waals surface area contributed by atoms with Gasteiger partial charge in [0.2, 0.25) is 3.57 Å². The third kappa shape index (κ3) is 6.09. The Morgan fingerprint density at radius 2 is 1.45 bits per heavy atom. The van der Waals surface area contributed by atoms with Gasteiger partial charge in [0.25, 0.3) is 0 Å². The molecule has 0 radical (unpaired) electrons. The van der Waals surface area contributed by atoms with Crippen LogP contribution in [0.1, 0.15) is 45.4 Å². The highest BCUT2D eigenvalue weighted by molar-refractivity contribution is 5.62. The fourth-order valence-corrected chi connectivity index (χ4v) is 4.36. The van der Waals surface area contributed by atoms with Crippen molar-refractivity contribution < 1.29 is 24.7 Å². The Bertz CT molecular complexity index is 524. The molecule has 2 rings (SSSR count). The van der Waals surface area contributed by atoms with Gasteiger partial charge in [-0.2, -0.15) is 0 Å². The van der Waals surface area contributed by atoms with Crippen LogP contribution >= 0.6 is 0 Å². The van der Waals surface area contributed by atoms with Gasteiger partial charge >= 0.3 is 21.6 Å². The molecule has 0 bridgehead atoms. The molecule has 0 amide bonds. The first-order valence-corrected chi connectivity index (χ1v) is 10.3. The molecular weight excluding hydrogens is 383 g/mol. The van der Waals surface area contributed by atoms with E-state index in [4.69, 9.17) is 3.07 Å². The van der Waals surface area contributed by atoms with Crippen molar-refractivity contribution in [2.75, 3.05) is 6.61 Å². The summed E-state index contributed by atoms with van der Waals surface area (Å²) in [6.07, 6.45) is 7.94. The Balaban J connectivity index is 1.77. The lowest BCUT2D eigenvalue weighted by atomic mass is 10.1. The normalized spacial score (nSPS) is 10.8. The van der Waals surface area contributed by atoms with Crippen molar-refractivity contribution in [2.45, 2.75) is 45.4 Å². The zero-order valence-electron chi connectivity index (χ0n) is 13.4. The zero-order chi connectivity index (χ0) is 15.5. The second-order valence-electron chi connectivity index (χ2n) is 5.50. The first-order chi connectivity index (χ1) is 10.9. The largest absolute Gasteiger partial charge is 0.522 e. The van der Waals surface area contributed by atoms with Crippen LogP contribution in [0.15, 0.2) is 54.6 Å². The van der Waals surface area contributed by atoms with Gasteiger partial charge in [-0.15, -0.1) is 3.07 Å². The predicted molar refractivity (Wildman–Crippen MR) is 89.9 cm³/mol. The zero-order valence-corrected chi connectivity index (χ0v) is 15.6. The van der Waals surface area contributed by atoms with Crippen LogP contribution in [0.4, 0.5) is 0 Å². The van der Waals surface area contributed by atoms with Gasteiger partial charge in [-0.1, -0.05) is 81.5 Å². The van der Waals surface area contributed by atoms with Crippen molar-refractivity contribution in [3.63, 3.8) is 0 Å². The van der Waals surface area contributed by atoms with Gasteiger partial charge < -0.3 is 0 Å². The minimum absolute atomic E-state index is 0.350. The van der Waals surface area contributed by atoms with Gasteiger partial charge in [0.15, 0.2) is 0 Å². The van der Waals surface area contributed by atoms with E-state index in [2.05, 4.69) is 61.5 Å². The van der Waals surface area contributed by atoms with E-state index in [-0.39, 0.29) is 21.6 Å². The van der Waals surface area contributed by atoms with E-state index in [1.165, 1.54) is 53.2 Å². The van der Waals surface area contributed by atoms with E-state index in [0.717, 1.165) is 6.61 Å². The third-order valence-electron chi connectivity index (χ3n) is 3.67. The minimum Gasteiger partial charge on any atom is -0.142 e. The summed E-state index contributed by atoms with van der Waals surface area (Å²) in [6.45, 7) is 3.18. The van der Waals surface area contributed by atoms with E-state index in [1.54, 1.807) is 0 Å². The molecule has 2 aromatic rings. The molecule has 0 aliphatic rings. The number of hydrogen-bond donors (Lipinski definition) is 0. The van der Waals surface area contributed by atoms with E-state index in [0.29, 0.717) is 0 Å². The molecule has 0 N–H and O–H groups in total. The summed E-state index contributed by atoms with van der Waals surface area (Å²) in [4.78, 5) is 0. The highest BCUT2D eigenvalue weighted by Gasteiger charge is 2.19. The van der Waals surface area contributed by atoms with Gasteiger partial charge in [0.05, 0.1) is 0 Å². The van der Waals surface area contributed by atoms with Crippen molar-refractivity contribution in [3.8, 4) is 11.1 Å². The lowest BCUT2D eigenvalue weighted by Crippen LogP contribution is -3.61. The van der Waals surface area contributed by atoms with Crippen LogP contribution < -0.4 is 21.6 Å². The van der Waals surface area contributed by atoms with E-state index < -0.39 is 0 Å². The SMILES string of the molecule is CCCCCCCCO[I+]c1ccccc1-c1ccccc1. The van der Waals surface area contributed by atoms with Gasteiger partial charge in [-0.05, 0) is 24.1 Å². The summed E-state index contributed by atoms with van der Waals surface area (Å²) in [6, 6.07) is 19.3. The third-order valence-corrected chi connectivity index (χ3v) is 5.84. The molecule has 0 unspecified atom stereocenters. The number of halogens is 1. The van der Waals surface area contributed by atoms with E-state index in [1.807, 2.05) is 0 Å². The van der Waals surface area contributed by atoms with Crippen molar-refractivity contribution in [1.29, 1.82) is 0 Å². The molecule has 0 aromatic heterocycles. The minimum atomic E-state index is -0.350. The van der Waals surface area contributed by atoms with Gasteiger partial charge in [0.1, 0.15) is 6.61 Å². The average Bonchev–Trinajstić information content (AvgIpc) is 2.58. The molecule has 2 aromatic carbocycles. The number of benzene rings is 2. The second kappa shape index (κ2) is 10.8. The fourth-order valence-electron chi connectivity index (χ4n) is 2.41. The highest BCUT2D eigenvalue weighted by Crippen LogP contribution is 2.17. The lowest BCUT2D eigenvalue weighted by molar-refractivity contribution is -0.876. The molecule has 0 heterocycles. The van der Waals surface area contributed by atoms with E-state index >= 15 is 0 Å². The summed E-state index contributed by atoms with van der Waals surface area (Å²) in [5, 5.41) is 0.